The number of benzene rings is 2. The SMILES string of the molecule is COc1cccc(NC(=O)CN(C)C(=O)CN2C(=O)N[C@](C)(c3cc(F)ccc3F)C2=O)c1. The van der Waals surface area contributed by atoms with Crippen LogP contribution in [0.4, 0.5) is 19.3 Å². The van der Waals surface area contributed by atoms with Crippen molar-refractivity contribution in [3.05, 3.63) is 59.7 Å². The fraction of sp³-hybridized carbons (Fsp3) is 0.273. The summed E-state index contributed by atoms with van der Waals surface area (Å²) in [6, 6.07) is 8.23. The molecule has 1 atom stereocenters. The van der Waals surface area contributed by atoms with Crippen molar-refractivity contribution in [2.75, 3.05) is 32.6 Å². The van der Waals surface area contributed by atoms with Crippen molar-refractivity contribution in [3.63, 3.8) is 0 Å². The minimum atomic E-state index is -1.88. The first-order valence-electron chi connectivity index (χ1n) is 9.82. The van der Waals surface area contributed by atoms with Crippen LogP contribution in [-0.4, -0.2) is 60.8 Å². The number of nitrogens with zero attached hydrogens (tertiary/aromatic N) is 2. The number of amides is 5. The average molecular weight is 460 g/mol. The Kier molecular flexibility index (Phi) is 6.61. The summed E-state index contributed by atoms with van der Waals surface area (Å²) >= 11 is 0. The van der Waals surface area contributed by atoms with Crippen molar-refractivity contribution in [3.8, 4) is 5.75 Å². The molecular weight excluding hydrogens is 438 g/mol. The highest BCUT2D eigenvalue weighted by molar-refractivity contribution is 6.09. The van der Waals surface area contributed by atoms with Gasteiger partial charge in [-0.1, -0.05) is 6.07 Å². The molecule has 0 aliphatic carbocycles. The molecule has 33 heavy (non-hydrogen) atoms. The topological polar surface area (TPSA) is 108 Å². The standard InChI is InChI=1S/C22H22F2N4O5/c1-22(16-9-13(23)7-8-17(16)24)20(31)28(21(32)26-22)12-19(30)27(2)11-18(29)25-14-5-4-6-15(10-14)33-3/h4-10H,11-12H2,1-3H3,(H,25,29)(H,26,32)/t22-/m1/s1. The number of likely N-dealkylation sites (N-methyl/N-ethyl adjacent to an activating group) is 1. The van der Waals surface area contributed by atoms with Crippen LogP contribution < -0.4 is 15.4 Å². The van der Waals surface area contributed by atoms with Crippen molar-refractivity contribution < 1.29 is 32.7 Å². The van der Waals surface area contributed by atoms with Crippen LogP contribution in [-0.2, 0) is 19.9 Å². The first-order valence-corrected chi connectivity index (χ1v) is 9.82. The Morgan fingerprint density at radius 3 is 2.61 bits per heavy atom. The third-order valence-electron chi connectivity index (χ3n) is 5.20. The van der Waals surface area contributed by atoms with Gasteiger partial charge in [0.05, 0.1) is 13.7 Å². The van der Waals surface area contributed by atoms with Crippen molar-refractivity contribution in [2.45, 2.75) is 12.5 Å². The smallest absolute Gasteiger partial charge is 0.325 e. The molecule has 5 amide bonds. The van der Waals surface area contributed by atoms with Crippen LogP contribution >= 0.6 is 0 Å². The fourth-order valence-electron chi connectivity index (χ4n) is 3.36. The molecule has 9 nitrogen and oxygen atoms in total. The van der Waals surface area contributed by atoms with Crippen molar-refractivity contribution in [1.82, 2.24) is 15.1 Å². The number of halogens is 2. The van der Waals surface area contributed by atoms with Gasteiger partial charge in [-0.05, 0) is 37.3 Å². The van der Waals surface area contributed by atoms with Crippen molar-refractivity contribution in [1.29, 1.82) is 0 Å². The minimum Gasteiger partial charge on any atom is -0.497 e. The van der Waals surface area contributed by atoms with E-state index in [0.717, 1.165) is 23.1 Å². The molecular formula is C22H22F2N4O5. The van der Waals surface area contributed by atoms with E-state index in [9.17, 15) is 28.0 Å². The molecule has 3 rings (SSSR count). The molecule has 1 aliphatic rings. The molecule has 0 radical (unpaired) electrons. The zero-order chi connectivity index (χ0) is 24.3. The normalized spacial score (nSPS) is 17.5. The maximum Gasteiger partial charge on any atom is 0.325 e. The second-order valence-corrected chi connectivity index (χ2v) is 7.60. The number of carbonyl (C=O) groups excluding carboxylic acids is 4. The first kappa shape index (κ1) is 23.6. The summed E-state index contributed by atoms with van der Waals surface area (Å²) in [4.78, 5) is 51.7. The van der Waals surface area contributed by atoms with Gasteiger partial charge in [-0.3, -0.25) is 19.3 Å². The number of hydrogen-bond acceptors (Lipinski definition) is 5. The van der Waals surface area contributed by atoms with E-state index in [2.05, 4.69) is 10.6 Å². The molecule has 1 fully saturated rings. The molecule has 0 unspecified atom stereocenters. The van der Waals surface area contributed by atoms with Gasteiger partial charge in [0.2, 0.25) is 11.8 Å². The Bertz CT molecular complexity index is 1130. The average Bonchev–Trinajstić information content (AvgIpc) is 2.99. The number of ether oxygens (including phenoxy) is 1. The molecule has 0 saturated carbocycles. The lowest BCUT2D eigenvalue weighted by atomic mass is 9.91. The number of anilines is 1. The predicted molar refractivity (Wildman–Crippen MR) is 113 cm³/mol. The van der Waals surface area contributed by atoms with E-state index in [1.807, 2.05) is 0 Å². The Hall–Kier alpha value is -4.02. The molecule has 2 aromatic carbocycles. The van der Waals surface area contributed by atoms with Gasteiger partial charge in [-0.25, -0.2) is 13.6 Å². The third kappa shape index (κ3) is 4.92. The van der Waals surface area contributed by atoms with E-state index in [0.29, 0.717) is 16.3 Å². The Balaban J connectivity index is 1.65. The summed E-state index contributed by atoms with van der Waals surface area (Å²) in [5.74, 6) is -3.27. The molecule has 0 bridgehead atoms. The van der Waals surface area contributed by atoms with E-state index in [-0.39, 0.29) is 12.1 Å². The summed E-state index contributed by atoms with van der Waals surface area (Å²) in [7, 11) is 2.81. The van der Waals surface area contributed by atoms with Crippen LogP contribution in [0.15, 0.2) is 42.5 Å². The maximum absolute atomic E-state index is 14.2. The van der Waals surface area contributed by atoms with Gasteiger partial charge < -0.3 is 20.3 Å². The van der Waals surface area contributed by atoms with Gasteiger partial charge in [0, 0.05) is 24.4 Å². The molecule has 0 aromatic heterocycles. The molecule has 1 aliphatic heterocycles. The van der Waals surface area contributed by atoms with E-state index < -0.39 is 47.5 Å². The van der Waals surface area contributed by atoms with Crippen LogP contribution in [0.3, 0.4) is 0 Å². The van der Waals surface area contributed by atoms with Crippen LogP contribution in [0.2, 0.25) is 0 Å². The second kappa shape index (κ2) is 9.23. The summed E-state index contributed by atoms with van der Waals surface area (Å²) in [5.41, 5.74) is -1.78. The monoisotopic (exact) mass is 460 g/mol. The van der Waals surface area contributed by atoms with Gasteiger partial charge in [0.25, 0.3) is 5.91 Å². The van der Waals surface area contributed by atoms with Crippen LogP contribution in [0.1, 0.15) is 12.5 Å². The quantitative estimate of drug-likeness (QED) is 0.613. The van der Waals surface area contributed by atoms with Gasteiger partial charge in [-0.15, -0.1) is 0 Å². The van der Waals surface area contributed by atoms with Crippen molar-refractivity contribution >= 4 is 29.4 Å². The first-order chi connectivity index (χ1) is 15.5. The molecule has 2 N–H and O–H groups in total. The molecule has 0 spiro atoms. The number of rotatable bonds is 7. The Morgan fingerprint density at radius 1 is 1.18 bits per heavy atom. The predicted octanol–water partition coefficient (Wildman–Crippen LogP) is 1.84. The Labute approximate surface area is 188 Å². The van der Waals surface area contributed by atoms with E-state index in [1.54, 1.807) is 24.3 Å². The number of hydrogen-bond donors (Lipinski definition) is 2. The largest absolute Gasteiger partial charge is 0.497 e. The summed E-state index contributed by atoms with van der Waals surface area (Å²) < 4.78 is 32.9. The highest BCUT2D eigenvalue weighted by atomic mass is 19.1. The molecule has 174 valence electrons. The fourth-order valence-corrected chi connectivity index (χ4v) is 3.36. The van der Waals surface area contributed by atoms with E-state index >= 15 is 0 Å². The number of carbonyl (C=O) groups is 4. The van der Waals surface area contributed by atoms with Crippen LogP contribution in [0, 0.1) is 11.6 Å². The molecule has 2 aromatic rings. The second-order valence-electron chi connectivity index (χ2n) is 7.60. The van der Waals surface area contributed by atoms with Crippen molar-refractivity contribution in [2.24, 2.45) is 0 Å². The van der Waals surface area contributed by atoms with Gasteiger partial charge in [0.15, 0.2) is 0 Å². The van der Waals surface area contributed by atoms with Gasteiger partial charge in [0.1, 0.15) is 29.5 Å². The molecule has 1 saturated heterocycles. The number of urea groups is 1. The van der Waals surface area contributed by atoms with E-state index in [1.165, 1.54) is 21.1 Å². The Morgan fingerprint density at radius 2 is 1.91 bits per heavy atom. The lowest BCUT2D eigenvalue weighted by molar-refractivity contribution is -0.139. The molecule has 11 heteroatoms. The summed E-state index contributed by atoms with van der Waals surface area (Å²) in [6.45, 7) is 0.191. The zero-order valence-electron chi connectivity index (χ0n) is 18.1. The maximum atomic E-state index is 14.2. The number of methoxy groups -OCH3 is 1. The minimum absolute atomic E-state index is 0.352. The lowest BCUT2D eigenvalue weighted by Crippen LogP contribution is -2.45. The molecule has 1 heterocycles. The summed E-state index contributed by atoms with van der Waals surface area (Å²) in [6.07, 6.45) is 0. The summed E-state index contributed by atoms with van der Waals surface area (Å²) in [5, 5.41) is 4.92. The van der Waals surface area contributed by atoms with Crippen LogP contribution in [0.25, 0.3) is 0 Å². The number of nitrogens with one attached hydrogen (secondary N) is 2. The highest BCUT2D eigenvalue weighted by Gasteiger charge is 2.51. The van der Waals surface area contributed by atoms with Gasteiger partial charge in [-0.2, -0.15) is 0 Å². The third-order valence-corrected chi connectivity index (χ3v) is 5.20. The number of imide groups is 1. The van der Waals surface area contributed by atoms with Gasteiger partial charge >= 0.3 is 6.03 Å². The van der Waals surface area contributed by atoms with E-state index in [4.69, 9.17) is 4.74 Å². The zero-order valence-corrected chi connectivity index (χ0v) is 18.1. The van der Waals surface area contributed by atoms with Crippen LogP contribution in [0.5, 0.6) is 5.75 Å². The lowest BCUT2D eigenvalue weighted by Gasteiger charge is -2.23. The highest BCUT2D eigenvalue weighted by Crippen LogP contribution is 2.31.